The Kier molecular flexibility index (Phi) is 5.23. The monoisotopic (exact) mass is 399 g/mol. The summed E-state index contributed by atoms with van der Waals surface area (Å²) in [7, 11) is 0. The molecule has 1 aliphatic heterocycles. The molecule has 6 nitrogen and oxygen atoms in total. The molecule has 0 saturated heterocycles. The van der Waals surface area contributed by atoms with Crippen molar-refractivity contribution in [3.63, 3.8) is 0 Å². The lowest BCUT2D eigenvalue weighted by Gasteiger charge is -2.22. The molecular formula is C24H25N5O. The van der Waals surface area contributed by atoms with E-state index in [0.29, 0.717) is 17.8 Å². The van der Waals surface area contributed by atoms with Crippen molar-refractivity contribution in [1.82, 2.24) is 20.1 Å². The Bertz CT molecular complexity index is 1190. The van der Waals surface area contributed by atoms with Crippen molar-refractivity contribution in [2.45, 2.75) is 26.8 Å². The van der Waals surface area contributed by atoms with Crippen LogP contribution >= 0.6 is 0 Å². The Morgan fingerprint density at radius 2 is 2.07 bits per heavy atom. The Morgan fingerprint density at radius 3 is 2.83 bits per heavy atom. The summed E-state index contributed by atoms with van der Waals surface area (Å²) in [5.74, 6) is -0.171. The fraction of sp³-hybridized carbons (Fsp3) is 0.208. The molecule has 0 fully saturated rings. The lowest BCUT2D eigenvalue weighted by Crippen LogP contribution is -2.20. The van der Waals surface area contributed by atoms with Gasteiger partial charge in [-0.25, -0.2) is 4.98 Å². The van der Waals surface area contributed by atoms with Crippen molar-refractivity contribution in [2.24, 2.45) is 0 Å². The standard InChI is InChI=1S/C24H25N5O/c1-5-17-11-12-29(21(17)6-2)14-18-9-7-8-10-20(18)26-24(30)19-13-15(3)25-23-22(19)16(4)27-28-23/h5-10,13H,1-2,11-12,14H2,3-4H3,(H,26,30)(H,25,27,28). The SMILES string of the molecule is C=CC1=C(C=C)N(Cc2ccccc2NC(=O)c2cc(C)nc3n[nH]c(C)c23)CC1. The van der Waals surface area contributed by atoms with Crippen molar-refractivity contribution in [1.29, 1.82) is 0 Å². The van der Waals surface area contributed by atoms with Gasteiger partial charge in [0.2, 0.25) is 0 Å². The third-order valence-corrected chi connectivity index (χ3v) is 5.46. The number of allylic oxidation sites excluding steroid dienone is 2. The first-order valence-corrected chi connectivity index (χ1v) is 9.96. The number of hydrogen-bond acceptors (Lipinski definition) is 4. The molecule has 1 aromatic carbocycles. The summed E-state index contributed by atoms with van der Waals surface area (Å²) in [6.45, 7) is 13.2. The average molecular weight is 399 g/mol. The molecule has 152 valence electrons. The number of aromatic nitrogens is 3. The molecule has 0 bridgehead atoms. The lowest BCUT2D eigenvalue weighted by molar-refractivity contribution is 0.102. The molecule has 0 spiro atoms. The Balaban J connectivity index is 1.64. The van der Waals surface area contributed by atoms with Gasteiger partial charge in [-0.05, 0) is 49.6 Å². The number of rotatable bonds is 6. The number of benzene rings is 1. The molecule has 0 radical (unpaired) electrons. The normalized spacial score (nSPS) is 13.7. The van der Waals surface area contributed by atoms with E-state index in [2.05, 4.69) is 38.6 Å². The minimum absolute atomic E-state index is 0.171. The molecule has 6 heteroatoms. The Labute approximate surface area is 176 Å². The largest absolute Gasteiger partial charge is 0.367 e. The van der Waals surface area contributed by atoms with E-state index in [1.54, 1.807) is 6.07 Å². The van der Waals surface area contributed by atoms with Crippen molar-refractivity contribution in [3.8, 4) is 0 Å². The van der Waals surface area contributed by atoms with Crippen LogP contribution in [0.5, 0.6) is 0 Å². The number of carbonyl (C=O) groups is 1. The van der Waals surface area contributed by atoms with Crippen molar-refractivity contribution >= 4 is 22.6 Å². The molecule has 0 unspecified atom stereocenters. The van der Waals surface area contributed by atoms with Gasteiger partial charge in [-0.2, -0.15) is 5.10 Å². The number of fused-ring (bicyclic) bond motifs is 1. The Morgan fingerprint density at radius 1 is 1.27 bits per heavy atom. The molecular weight excluding hydrogens is 374 g/mol. The number of nitrogens with one attached hydrogen (secondary N) is 2. The maximum atomic E-state index is 13.2. The average Bonchev–Trinajstić information content (AvgIpc) is 3.31. The number of amides is 1. The van der Waals surface area contributed by atoms with Gasteiger partial charge in [-0.15, -0.1) is 0 Å². The number of nitrogens with zero attached hydrogens (tertiary/aromatic N) is 3. The number of hydrogen-bond donors (Lipinski definition) is 2. The van der Waals surface area contributed by atoms with Crippen LogP contribution in [0, 0.1) is 13.8 Å². The van der Waals surface area contributed by atoms with Gasteiger partial charge in [0.1, 0.15) is 0 Å². The molecule has 3 aromatic rings. The van der Waals surface area contributed by atoms with E-state index in [1.807, 2.05) is 50.3 Å². The van der Waals surface area contributed by atoms with Gasteiger partial charge in [0.05, 0.1) is 10.9 Å². The predicted molar refractivity (Wildman–Crippen MR) is 120 cm³/mol. The predicted octanol–water partition coefficient (Wildman–Crippen LogP) is 4.66. The van der Waals surface area contributed by atoms with Crippen LogP contribution in [0.1, 0.15) is 33.7 Å². The molecule has 30 heavy (non-hydrogen) atoms. The van der Waals surface area contributed by atoms with E-state index in [4.69, 9.17) is 0 Å². The minimum atomic E-state index is -0.171. The first kappa shape index (κ1) is 19.6. The van der Waals surface area contributed by atoms with E-state index in [9.17, 15) is 4.79 Å². The molecule has 1 aliphatic rings. The highest BCUT2D eigenvalue weighted by Gasteiger charge is 2.21. The first-order valence-electron chi connectivity index (χ1n) is 9.96. The van der Waals surface area contributed by atoms with Crippen LogP contribution in [-0.4, -0.2) is 32.5 Å². The Hall–Kier alpha value is -3.67. The maximum absolute atomic E-state index is 13.2. The zero-order valence-electron chi connectivity index (χ0n) is 17.3. The molecule has 3 heterocycles. The topological polar surface area (TPSA) is 73.9 Å². The number of pyridine rings is 1. The zero-order chi connectivity index (χ0) is 21.3. The quantitative estimate of drug-likeness (QED) is 0.632. The number of carbonyl (C=O) groups excluding carboxylic acids is 1. The molecule has 1 amide bonds. The summed E-state index contributed by atoms with van der Waals surface area (Å²) in [4.78, 5) is 19.9. The van der Waals surface area contributed by atoms with Crippen LogP contribution in [0.2, 0.25) is 0 Å². The van der Waals surface area contributed by atoms with E-state index in [1.165, 1.54) is 5.57 Å². The smallest absolute Gasteiger partial charge is 0.256 e. The maximum Gasteiger partial charge on any atom is 0.256 e. The van der Waals surface area contributed by atoms with Gasteiger partial charge >= 0.3 is 0 Å². The van der Waals surface area contributed by atoms with Gasteiger partial charge in [0.25, 0.3) is 5.91 Å². The van der Waals surface area contributed by atoms with E-state index in [0.717, 1.165) is 46.7 Å². The molecule has 2 N–H and O–H groups in total. The van der Waals surface area contributed by atoms with Crippen LogP contribution in [-0.2, 0) is 6.54 Å². The second kappa shape index (κ2) is 7.99. The molecule has 4 rings (SSSR count). The van der Waals surface area contributed by atoms with Crippen molar-refractivity contribution in [2.75, 3.05) is 11.9 Å². The van der Waals surface area contributed by atoms with Gasteiger partial charge in [0, 0.05) is 35.9 Å². The highest BCUT2D eigenvalue weighted by Crippen LogP contribution is 2.29. The molecule has 0 atom stereocenters. The van der Waals surface area contributed by atoms with Crippen LogP contribution < -0.4 is 5.32 Å². The number of aryl methyl sites for hydroxylation is 2. The third-order valence-electron chi connectivity index (χ3n) is 5.46. The summed E-state index contributed by atoms with van der Waals surface area (Å²) >= 11 is 0. The van der Waals surface area contributed by atoms with Crippen LogP contribution in [0.25, 0.3) is 11.0 Å². The van der Waals surface area contributed by atoms with Crippen molar-refractivity contribution in [3.05, 3.63) is 89.4 Å². The summed E-state index contributed by atoms with van der Waals surface area (Å²) in [5, 5.41) is 11.0. The summed E-state index contributed by atoms with van der Waals surface area (Å²) in [5.41, 5.74) is 6.85. The van der Waals surface area contributed by atoms with Gasteiger partial charge in [0.15, 0.2) is 5.65 Å². The van der Waals surface area contributed by atoms with Crippen molar-refractivity contribution < 1.29 is 4.79 Å². The fourth-order valence-electron chi connectivity index (χ4n) is 3.99. The van der Waals surface area contributed by atoms with Gasteiger partial charge in [-0.3, -0.25) is 9.89 Å². The van der Waals surface area contributed by atoms with E-state index >= 15 is 0 Å². The molecule has 0 saturated carbocycles. The summed E-state index contributed by atoms with van der Waals surface area (Å²) in [6, 6.07) is 9.69. The van der Waals surface area contributed by atoms with E-state index < -0.39 is 0 Å². The number of aromatic amines is 1. The highest BCUT2D eigenvalue weighted by atomic mass is 16.1. The fourth-order valence-corrected chi connectivity index (χ4v) is 3.99. The van der Waals surface area contributed by atoms with Crippen LogP contribution in [0.15, 0.2) is 66.9 Å². The van der Waals surface area contributed by atoms with E-state index in [-0.39, 0.29) is 5.91 Å². The second-order valence-corrected chi connectivity index (χ2v) is 7.46. The number of anilines is 1. The summed E-state index contributed by atoms with van der Waals surface area (Å²) < 4.78 is 0. The zero-order valence-corrected chi connectivity index (χ0v) is 17.3. The third kappa shape index (κ3) is 3.52. The second-order valence-electron chi connectivity index (χ2n) is 7.46. The lowest BCUT2D eigenvalue weighted by atomic mass is 10.1. The van der Waals surface area contributed by atoms with Gasteiger partial charge in [-0.1, -0.05) is 37.4 Å². The highest BCUT2D eigenvalue weighted by molar-refractivity contribution is 6.12. The van der Waals surface area contributed by atoms with Crippen LogP contribution in [0.4, 0.5) is 5.69 Å². The molecule has 0 aliphatic carbocycles. The van der Waals surface area contributed by atoms with Crippen LogP contribution in [0.3, 0.4) is 0 Å². The summed E-state index contributed by atoms with van der Waals surface area (Å²) in [6.07, 6.45) is 4.73. The number of para-hydroxylation sites is 1. The minimum Gasteiger partial charge on any atom is -0.367 e. The number of H-pyrrole nitrogens is 1. The first-order chi connectivity index (χ1) is 14.5. The molecule has 2 aromatic heterocycles. The van der Waals surface area contributed by atoms with Gasteiger partial charge < -0.3 is 10.2 Å².